The van der Waals surface area contributed by atoms with E-state index in [0.717, 1.165) is 24.9 Å². The summed E-state index contributed by atoms with van der Waals surface area (Å²) >= 11 is 1.64. The molecule has 1 aliphatic rings. The summed E-state index contributed by atoms with van der Waals surface area (Å²) in [5, 5.41) is 4.06. The van der Waals surface area contributed by atoms with Gasteiger partial charge in [0.1, 0.15) is 0 Å². The van der Waals surface area contributed by atoms with E-state index >= 15 is 0 Å². The molecule has 2 unspecified atom stereocenters. The van der Waals surface area contributed by atoms with Gasteiger partial charge in [-0.05, 0) is 48.6 Å². The zero-order chi connectivity index (χ0) is 12.3. The maximum absolute atomic E-state index is 12.3. The number of thiophene rings is 1. The van der Waals surface area contributed by atoms with Gasteiger partial charge < -0.3 is 10.6 Å². The molecule has 3 nitrogen and oxygen atoms in total. The van der Waals surface area contributed by atoms with Crippen molar-refractivity contribution < 1.29 is 4.79 Å². The number of hydrogen-bond acceptors (Lipinski definition) is 3. The third-order valence-electron chi connectivity index (χ3n) is 3.41. The second-order valence-corrected chi connectivity index (χ2v) is 5.60. The van der Waals surface area contributed by atoms with Crippen molar-refractivity contribution in [2.75, 3.05) is 6.54 Å². The lowest BCUT2D eigenvalue weighted by atomic mass is 9.96. The Balaban J connectivity index is 0.00000162. The zero-order valence-corrected chi connectivity index (χ0v) is 12.3. The first-order valence-electron chi connectivity index (χ1n) is 6.24. The Kier molecular flexibility index (Phi) is 6.12. The molecule has 0 aliphatic carbocycles. The van der Waals surface area contributed by atoms with Gasteiger partial charge >= 0.3 is 0 Å². The Labute approximate surface area is 119 Å². The summed E-state index contributed by atoms with van der Waals surface area (Å²) in [5.74, 6) is 0.227. The normalized spacial score (nSPS) is 21.2. The minimum absolute atomic E-state index is 0. The maximum atomic E-state index is 12.3. The fourth-order valence-corrected chi connectivity index (χ4v) is 3.15. The van der Waals surface area contributed by atoms with E-state index in [1.54, 1.807) is 11.3 Å². The molecule has 1 aromatic rings. The van der Waals surface area contributed by atoms with Crippen molar-refractivity contribution in [3.63, 3.8) is 0 Å². The molecule has 0 aromatic carbocycles. The topological polar surface area (TPSA) is 46.3 Å². The molecule has 2 N–H and O–H groups in total. The molecule has 102 valence electrons. The number of hydrogen-bond donors (Lipinski definition) is 1. The van der Waals surface area contributed by atoms with Gasteiger partial charge in [-0.2, -0.15) is 11.3 Å². The molecule has 0 saturated carbocycles. The van der Waals surface area contributed by atoms with Crippen LogP contribution in [0, 0.1) is 0 Å². The number of carbonyl (C=O) groups excluding carboxylic acids is 1. The number of carbonyl (C=O) groups is 1. The van der Waals surface area contributed by atoms with Crippen molar-refractivity contribution in [3.05, 3.63) is 22.4 Å². The molecule has 5 heteroatoms. The Morgan fingerprint density at radius 2 is 2.39 bits per heavy atom. The van der Waals surface area contributed by atoms with Crippen LogP contribution in [0.25, 0.3) is 0 Å². The van der Waals surface area contributed by atoms with Gasteiger partial charge in [0, 0.05) is 18.6 Å². The fraction of sp³-hybridized carbons (Fsp3) is 0.615. The van der Waals surface area contributed by atoms with Gasteiger partial charge in [-0.25, -0.2) is 0 Å². The number of nitrogens with two attached hydrogens (primary N) is 1. The van der Waals surface area contributed by atoms with Crippen LogP contribution < -0.4 is 5.73 Å². The molecular weight excluding hydrogens is 268 g/mol. The van der Waals surface area contributed by atoms with Crippen molar-refractivity contribution >= 4 is 29.7 Å². The van der Waals surface area contributed by atoms with Crippen LogP contribution in [0.3, 0.4) is 0 Å². The quantitative estimate of drug-likeness (QED) is 0.929. The number of likely N-dealkylation sites (tertiary alicyclic amines) is 1. The summed E-state index contributed by atoms with van der Waals surface area (Å²) in [6.07, 6.45) is 3.87. The summed E-state index contributed by atoms with van der Waals surface area (Å²) in [4.78, 5) is 14.2. The molecule has 0 bridgehead atoms. The average Bonchev–Trinajstić information content (AvgIpc) is 2.81. The van der Waals surface area contributed by atoms with Crippen LogP contribution in [0.2, 0.25) is 0 Å². The first-order valence-corrected chi connectivity index (χ1v) is 7.19. The van der Waals surface area contributed by atoms with E-state index in [2.05, 4.69) is 0 Å². The van der Waals surface area contributed by atoms with E-state index in [1.807, 2.05) is 28.7 Å². The van der Waals surface area contributed by atoms with Crippen LogP contribution in [-0.2, 0) is 11.2 Å². The number of amides is 1. The highest BCUT2D eigenvalue weighted by molar-refractivity contribution is 7.07. The van der Waals surface area contributed by atoms with E-state index in [4.69, 9.17) is 5.73 Å². The molecule has 1 aliphatic heterocycles. The fourth-order valence-electron chi connectivity index (χ4n) is 2.48. The third-order valence-corrected chi connectivity index (χ3v) is 4.14. The van der Waals surface area contributed by atoms with Gasteiger partial charge in [0.15, 0.2) is 0 Å². The Hall–Kier alpha value is -0.580. The number of piperidine rings is 1. The first kappa shape index (κ1) is 15.5. The van der Waals surface area contributed by atoms with Crippen molar-refractivity contribution in [2.45, 2.75) is 44.7 Å². The van der Waals surface area contributed by atoms with Gasteiger partial charge in [0.05, 0.1) is 6.42 Å². The minimum atomic E-state index is 0. The van der Waals surface area contributed by atoms with Crippen molar-refractivity contribution in [1.82, 2.24) is 4.90 Å². The molecule has 1 amide bonds. The van der Waals surface area contributed by atoms with Crippen LogP contribution in [0.15, 0.2) is 16.8 Å². The van der Waals surface area contributed by atoms with Crippen LogP contribution in [0.1, 0.15) is 31.7 Å². The van der Waals surface area contributed by atoms with E-state index < -0.39 is 0 Å². The van der Waals surface area contributed by atoms with E-state index in [1.165, 1.54) is 6.42 Å². The maximum Gasteiger partial charge on any atom is 0.227 e. The lowest BCUT2D eigenvalue weighted by molar-refractivity contribution is -0.134. The van der Waals surface area contributed by atoms with Crippen LogP contribution in [-0.4, -0.2) is 29.4 Å². The monoisotopic (exact) mass is 288 g/mol. The zero-order valence-electron chi connectivity index (χ0n) is 10.7. The summed E-state index contributed by atoms with van der Waals surface area (Å²) in [6.45, 7) is 2.87. The Morgan fingerprint density at radius 3 is 3.00 bits per heavy atom. The molecule has 1 fully saturated rings. The van der Waals surface area contributed by atoms with Gasteiger partial charge in [-0.1, -0.05) is 0 Å². The highest BCUT2D eigenvalue weighted by Gasteiger charge is 2.28. The second-order valence-electron chi connectivity index (χ2n) is 4.82. The van der Waals surface area contributed by atoms with Gasteiger partial charge in [0.2, 0.25) is 5.91 Å². The van der Waals surface area contributed by atoms with Crippen molar-refractivity contribution in [2.24, 2.45) is 5.73 Å². The molecule has 2 atom stereocenters. The SMILES string of the molecule is CC(N)C1CCCCN1C(=O)Cc1ccsc1.Cl. The lowest BCUT2D eigenvalue weighted by Crippen LogP contribution is -2.52. The van der Waals surface area contributed by atoms with Gasteiger partial charge in [-0.3, -0.25) is 4.79 Å². The van der Waals surface area contributed by atoms with Gasteiger partial charge in [0.25, 0.3) is 0 Å². The van der Waals surface area contributed by atoms with Crippen LogP contribution >= 0.6 is 23.7 Å². The highest BCUT2D eigenvalue weighted by atomic mass is 35.5. The predicted octanol–water partition coefficient (Wildman–Crippen LogP) is 2.44. The molecular formula is C13H21ClN2OS. The minimum Gasteiger partial charge on any atom is -0.338 e. The van der Waals surface area contributed by atoms with E-state index in [9.17, 15) is 4.79 Å². The molecule has 2 heterocycles. The smallest absolute Gasteiger partial charge is 0.227 e. The summed E-state index contributed by atoms with van der Waals surface area (Å²) in [6, 6.07) is 2.32. The van der Waals surface area contributed by atoms with Crippen molar-refractivity contribution in [1.29, 1.82) is 0 Å². The van der Waals surface area contributed by atoms with Gasteiger partial charge in [-0.15, -0.1) is 12.4 Å². The molecule has 18 heavy (non-hydrogen) atoms. The standard InChI is InChI=1S/C13H20N2OS.ClH/c1-10(14)12-4-2-3-6-15(12)13(16)8-11-5-7-17-9-11;/h5,7,9-10,12H,2-4,6,8,14H2,1H3;1H. The van der Waals surface area contributed by atoms with Crippen LogP contribution in [0.5, 0.6) is 0 Å². The Morgan fingerprint density at radius 1 is 1.61 bits per heavy atom. The largest absolute Gasteiger partial charge is 0.338 e. The third kappa shape index (κ3) is 3.70. The summed E-state index contributed by atoms with van der Waals surface area (Å²) in [7, 11) is 0. The Bertz CT molecular complexity index is 367. The molecule has 2 rings (SSSR count). The van der Waals surface area contributed by atoms with E-state index in [-0.39, 0.29) is 30.4 Å². The van der Waals surface area contributed by atoms with Crippen molar-refractivity contribution in [3.8, 4) is 0 Å². The lowest BCUT2D eigenvalue weighted by Gasteiger charge is -2.38. The highest BCUT2D eigenvalue weighted by Crippen LogP contribution is 2.20. The van der Waals surface area contributed by atoms with Crippen LogP contribution in [0.4, 0.5) is 0 Å². The van der Waals surface area contributed by atoms with E-state index in [0.29, 0.717) is 6.42 Å². The predicted molar refractivity (Wildman–Crippen MR) is 78.3 cm³/mol. The molecule has 0 radical (unpaired) electrons. The molecule has 0 spiro atoms. The molecule has 1 saturated heterocycles. The first-order chi connectivity index (χ1) is 8.18. The summed E-state index contributed by atoms with van der Waals surface area (Å²) < 4.78 is 0. The average molecular weight is 289 g/mol. The molecule has 1 aromatic heterocycles. The summed E-state index contributed by atoms with van der Waals surface area (Å²) in [5.41, 5.74) is 7.10. The number of rotatable bonds is 3. The number of halogens is 1. The second kappa shape index (κ2) is 7.12. The number of nitrogens with zero attached hydrogens (tertiary/aromatic N) is 1.